The molecule has 0 N–H and O–H groups in total. The van der Waals surface area contributed by atoms with Crippen molar-refractivity contribution in [1.82, 2.24) is 0 Å². The fourth-order valence-electron chi connectivity index (χ4n) is 1.09. The van der Waals surface area contributed by atoms with Crippen molar-refractivity contribution >= 4 is 5.97 Å². The Balaban J connectivity index is 3.33. The van der Waals surface area contributed by atoms with Gasteiger partial charge in [0.25, 0.3) is 0 Å². The molecule has 2 heteroatoms. The molecule has 0 atom stereocenters. The van der Waals surface area contributed by atoms with E-state index in [0.29, 0.717) is 6.61 Å². The number of ether oxygens (including phenoxy) is 1. The molecule has 84 valence electrons. The van der Waals surface area contributed by atoms with Crippen molar-refractivity contribution < 1.29 is 9.53 Å². The summed E-state index contributed by atoms with van der Waals surface area (Å²) in [5.74, 6) is -0.246. The summed E-state index contributed by atoms with van der Waals surface area (Å²) < 4.78 is 4.75. The summed E-state index contributed by atoms with van der Waals surface area (Å²) in [5, 5.41) is 0. The van der Waals surface area contributed by atoms with Crippen LogP contribution in [0.2, 0.25) is 0 Å². The Kier molecular flexibility index (Phi) is 9.83. The first kappa shape index (κ1) is 13.7. The first-order valence-corrected chi connectivity index (χ1v) is 5.42. The summed E-state index contributed by atoms with van der Waals surface area (Å²) in [6.45, 7) is 5.84. The van der Waals surface area contributed by atoms with Gasteiger partial charge in [-0.15, -0.1) is 0 Å². The molecule has 15 heavy (non-hydrogen) atoms. The molecule has 0 rings (SSSR count). The summed E-state index contributed by atoms with van der Waals surface area (Å²) in [4.78, 5) is 10.9. The second-order valence-electron chi connectivity index (χ2n) is 3.10. The molecule has 0 saturated heterocycles. The molecular weight excluding hydrogens is 188 g/mol. The summed E-state index contributed by atoms with van der Waals surface area (Å²) in [6.07, 6.45) is 13.4. The minimum absolute atomic E-state index is 0.246. The number of unbranched alkanes of at least 4 members (excludes halogenated alkanes) is 3. The van der Waals surface area contributed by atoms with E-state index in [-0.39, 0.29) is 5.97 Å². The number of allylic oxidation sites excluding steroid dienone is 4. The quantitative estimate of drug-likeness (QED) is 0.264. The minimum Gasteiger partial charge on any atom is -0.463 e. The van der Waals surface area contributed by atoms with Crippen LogP contribution in [0, 0.1) is 0 Å². The molecule has 0 heterocycles. The first-order chi connectivity index (χ1) is 7.31. The summed E-state index contributed by atoms with van der Waals surface area (Å²) >= 11 is 0. The predicted molar refractivity (Wildman–Crippen MR) is 63.6 cm³/mol. The van der Waals surface area contributed by atoms with Crippen LogP contribution in [-0.4, -0.2) is 12.6 Å². The third kappa shape index (κ3) is 10.6. The maximum atomic E-state index is 10.9. The van der Waals surface area contributed by atoms with E-state index in [1.54, 1.807) is 13.0 Å². The molecule has 0 aliphatic carbocycles. The molecule has 2 nitrogen and oxygen atoms in total. The standard InChI is InChI=1S/C13H20O2/c1-3-5-6-7-8-9-10-11-12-13(14)15-4-2/h3,5-6,11-12H,1,4,7-10H2,2H3/b6-5+,12-11+. The van der Waals surface area contributed by atoms with Gasteiger partial charge in [0.15, 0.2) is 0 Å². The monoisotopic (exact) mass is 208 g/mol. The van der Waals surface area contributed by atoms with Gasteiger partial charge in [0.1, 0.15) is 0 Å². The van der Waals surface area contributed by atoms with E-state index in [9.17, 15) is 4.79 Å². The Labute approximate surface area is 92.3 Å². The number of hydrogen-bond donors (Lipinski definition) is 0. The topological polar surface area (TPSA) is 26.3 Å². The zero-order valence-corrected chi connectivity index (χ0v) is 9.45. The lowest BCUT2D eigenvalue weighted by Crippen LogP contribution is -1.98. The normalized spacial score (nSPS) is 11.0. The molecule has 0 radical (unpaired) electrons. The van der Waals surface area contributed by atoms with E-state index in [0.717, 1.165) is 25.7 Å². The summed E-state index contributed by atoms with van der Waals surface area (Å²) in [5.41, 5.74) is 0. The first-order valence-electron chi connectivity index (χ1n) is 5.42. The second-order valence-corrected chi connectivity index (χ2v) is 3.10. The highest BCUT2D eigenvalue weighted by molar-refractivity contribution is 5.81. The molecular formula is C13H20O2. The molecule has 0 spiro atoms. The largest absolute Gasteiger partial charge is 0.463 e. The Hall–Kier alpha value is -1.31. The fraction of sp³-hybridized carbons (Fsp3) is 0.462. The van der Waals surface area contributed by atoms with Gasteiger partial charge in [-0.25, -0.2) is 4.79 Å². The average molecular weight is 208 g/mol. The average Bonchev–Trinajstić information content (AvgIpc) is 2.22. The highest BCUT2D eigenvalue weighted by atomic mass is 16.5. The molecule has 0 aromatic carbocycles. The Bertz CT molecular complexity index is 227. The maximum absolute atomic E-state index is 10.9. The smallest absolute Gasteiger partial charge is 0.330 e. The van der Waals surface area contributed by atoms with Crippen molar-refractivity contribution in [3.8, 4) is 0 Å². The van der Waals surface area contributed by atoms with Crippen molar-refractivity contribution in [2.45, 2.75) is 32.6 Å². The Morgan fingerprint density at radius 2 is 1.93 bits per heavy atom. The third-order valence-corrected chi connectivity index (χ3v) is 1.80. The molecule has 0 aliphatic rings. The van der Waals surface area contributed by atoms with Crippen LogP contribution >= 0.6 is 0 Å². The lowest BCUT2D eigenvalue weighted by molar-refractivity contribution is -0.137. The molecule has 0 saturated carbocycles. The number of hydrogen-bond acceptors (Lipinski definition) is 2. The highest BCUT2D eigenvalue weighted by Crippen LogP contribution is 2.01. The van der Waals surface area contributed by atoms with E-state index in [1.807, 2.05) is 12.2 Å². The van der Waals surface area contributed by atoms with Crippen LogP contribution < -0.4 is 0 Å². The number of rotatable bonds is 8. The van der Waals surface area contributed by atoms with Gasteiger partial charge in [0, 0.05) is 6.08 Å². The second kappa shape index (κ2) is 10.8. The van der Waals surface area contributed by atoms with Crippen molar-refractivity contribution in [2.24, 2.45) is 0 Å². The van der Waals surface area contributed by atoms with Crippen molar-refractivity contribution in [2.75, 3.05) is 6.61 Å². The van der Waals surface area contributed by atoms with E-state index in [1.165, 1.54) is 6.08 Å². The summed E-state index contributed by atoms with van der Waals surface area (Å²) in [6, 6.07) is 0. The molecule has 0 unspecified atom stereocenters. The van der Waals surface area contributed by atoms with Gasteiger partial charge in [0.05, 0.1) is 6.61 Å². The van der Waals surface area contributed by atoms with Gasteiger partial charge in [-0.2, -0.15) is 0 Å². The number of carbonyl (C=O) groups excluding carboxylic acids is 1. The predicted octanol–water partition coefficient (Wildman–Crippen LogP) is 3.41. The zero-order valence-electron chi connectivity index (χ0n) is 9.45. The third-order valence-electron chi connectivity index (χ3n) is 1.80. The zero-order chi connectivity index (χ0) is 11.4. The molecule has 0 amide bonds. The van der Waals surface area contributed by atoms with E-state index in [2.05, 4.69) is 12.7 Å². The van der Waals surface area contributed by atoms with Gasteiger partial charge in [-0.3, -0.25) is 0 Å². The highest BCUT2D eigenvalue weighted by Gasteiger charge is 1.91. The van der Waals surface area contributed by atoms with E-state index >= 15 is 0 Å². The van der Waals surface area contributed by atoms with Crippen LogP contribution in [0.5, 0.6) is 0 Å². The SMILES string of the molecule is C=C/C=C/CCCC/C=C/C(=O)OCC. The Morgan fingerprint density at radius 1 is 1.27 bits per heavy atom. The van der Waals surface area contributed by atoms with Gasteiger partial charge < -0.3 is 4.74 Å². The van der Waals surface area contributed by atoms with Crippen LogP contribution in [0.15, 0.2) is 37.0 Å². The van der Waals surface area contributed by atoms with Crippen LogP contribution in [0.3, 0.4) is 0 Å². The maximum Gasteiger partial charge on any atom is 0.330 e. The fourth-order valence-corrected chi connectivity index (χ4v) is 1.09. The minimum atomic E-state index is -0.246. The number of carbonyl (C=O) groups is 1. The van der Waals surface area contributed by atoms with Crippen LogP contribution in [-0.2, 0) is 9.53 Å². The lowest BCUT2D eigenvalue weighted by atomic mass is 10.2. The van der Waals surface area contributed by atoms with Crippen molar-refractivity contribution in [1.29, 1.82) is 0 Å². The molecule has 0 bridgehead atoms. The molecule has 0 fully saturated rings. The van der Waals surface area contributed by atoms with E-state index in [4.69, 9.17) is 4.74 Å². The Morgan fingerprint density at radius 3 is 2.53 bits per heavy atom. The van der Waals surface area contributed by atoms with Crippen LogP contribution in [0.1, 0.15) is 32.6 Å². The van der Waals surface area contributed by atoms with Gasteiger partial charge in [-0.05, 0) is 32.6 Å². The molecule has 0 aromatic heterocycles. The van der Waals surface area contributed by atoms with Crippen molar-refractivity contribution in [3.05, 3.63) is 37.0 Å². The number of esters is 1. The van der Waals surface area contributed by atoms with Crippen molar-refractivity contribution in [3.63, 3.8) is 0 Å². The van der Waals surface area contributed by atoms with Gasteiger partial charge >= 0.3 is 5.97 Å². The molecule has 0 aromatic rings. The van der Waals surface area contributed by atoms with Gasteiger partial charge in [0.2, 0.25) is 0 Å². The van der Waals surface area contributed by atoms with Gasteiger partial charge in [-0.1, -0.05) is 30.9 Å². The lowest BCUT2D eigenvalue weighted by Gasteiger charge is -1.95. The van der Waals surface area contributed by atoms with Crippen LogP contribution in [0.25, 0.3) is 0 Å². The summed E-state index contributed by atoms with van der Waals surface area (Å²) in [7, 11) is 0. The van der Waals surface area contributed by atoms with E-state index < -0.39 is 0 Å². The molecule has 0 aliphatic heterocycles. The van der Waals surface area contributed by atoms with Crippen LogP contribution in [0.4, 0.5) is 0 Å².